The van der Waals surface area contributed by atoms with E-state index in [1.54, 1.807) is 43.3 Å². The lowest BCUT2D eigenvalue weighted by atomic mass is 10.1. The summed E-state index contributed by atoms with van der Waals surface area (Å²) in [5.41, 5.74) is 1.84. The first-order valence-electron chi connectivity index (χ1n) is 8.62. The predicted molar refractivity (Wildman–Crippen MR) is 102 cm³/mol. The average molecular weight is 369 g/mol. The average Bonchev–Trinajstić information content (AvgIpc) is 2.63. The van der Waals surface area contributed by atoms with Gasteiger partial charge in [0.05, 0.1) is 5.69 Å². The number of anilines is 1. The molecule has 0 bridgehead atoms. The van der Waals surface area contributed by atoms with Gasteiger partial charge in [-0.05, 0) is 52.0 Å². The first-order chi connectivity index (χ1) is 12.8. The Bertz CT molecular complexity index is 829. The van der Waals surface area contributed by atoms with Crippen molar-refractivity contribution < 1.29 is 23.9 Å². The van der Waals surface area contributed by atoms with Crippen LogP contribution in [0.4, 0.5) is 5.69 Å². The highest BCUT2D eigenvalue weighted by molar-refractivity contribution is 6.04. The number of ether oxygens (including phenoxy) is 2. The van der Waals surface area contributed by atoms with Gasteiger partial charge < -0.3 is 14.8 Å². The SMILES string of the molecule is CC(=O)c1ccccc1NC(=O)C(C)OC(=O)C(C)Oc1ccc(C)cc1. The van der Waals surface area contributed by atoms with Crippen LogP contribution >= 0.6 is 0 Å². The maximum absolute atomic E-state index is 12.3. The fourth-order valence-corrected chi connectivity index (χ4v) is 2.33. The van der Waals surface area contributed by atoms with Crippen LogP contribution < -0.4 is 10.1 Å². The Kier molecular flexibility index (Phi) is 6.71. The highest BCUT2D eigenvalue weighted by atomic mass is 16.6. The summed E-state index contributed by atoms with van der Waals surface area (Å²) in [6.07, 6.45) is -1.91. The molecule has 6 nitrogen and oxygen atoms in total. The number of hydrogen-bond acceptors (Lipinski definition) is 5. The number of Topliss-reactive ketones (excluding diaryl/α,β-unsaturated/α-hetero) is 1. The molecular formula is C21H23NO5. The lowest BCUT2D eigenvalue weighted by molar-refractivity contribution is -0.159. The standard InChI is InChI=1S/C21H23NO5/c1-13-9-11-17(12-10-13)26-16(4)21(25)27-15(3)20(24)22-19-8-6-5-7-18(19)14(2)23/h5-12,15-16H,1-4H3,(H,22,24). The van der Waals surface area contributed by atoms with E-state index in [0.717, 1.165) is 5.56 Å². The molecule has 1 amide bonds. The van der Waals surface area contributed by atoms with Gasteiger partial charge in [-0.1, -0.05) is 29.8 Å². The quantitative estimate of drug-likeness (QED) is 0.596. The van der Waals surface area contributed by atoms with Gasteiger partial charge in [0, 0.05) is 5.56 Å². The minimum absolute atomic E-state index is 0.171. The third-order valence-electron chi connectivity index (χ3n) is 3.89. The van der Waals surface area contributed by atoms with Crippen molar-refractivity contribution >= 4 is 23.3 Å². The van der Waals surface area contributed by atoms with Crippen molar-refractivity contribution in [2.24, 2.45) is 0 Å². The van der Waals surface area contributed by atoms with Crippen molar-refractivity contribution in [1.82, 2.24) is 0 Å². The zero-order chi connectivity index (χ0) is 20.0. The van der Waals surface area contributed by atoms with Crippen LogP contribution in [0.5, 0.6) is 5.75 Å². The number of aryl methyl sites for hydroxylation is 1. The smallest absolute Gasteiger partial charge is 0.347 e. The minimum Gasteiger partial charge on any atom is -0.479 e. The van der Waals surface area contributed by atoms with Gasteiger partial charge in [-0.3, -0.25) is 9.59 Å². The molecule has 6 heteroatoms. The van der Waals surface area contributed by atoms with Crippen LogP contribution in [0.15, 0.2) is 48.5 Å². The van der Waals surface area contributed by atoms with E-state index < -0.39 is 24.1 Å². The van der Waals surface area contributed by atoms with E-state index in [4.69, 9.17) is 9.47 Å². The number of nitrogens with one attached hydrogen (secondary N) is 1. The summed E-state index contributed by atoms with van der Waals surface area (Å²) in [6.45, 7) is 6.38. The van der Waals surface area contributed by atoms with Gasteiger partial charge >= 0.3 is 5.97 Å². The summed E-state index contributed by atoms with van der Waals surface area (Å²) < 4.78 is 10.7. The van der Waals surface area contributed by atoms with E-state index in [9.17, 15) is 14.4 Å². The summed E-state index contributed by atoms with van der Waals surface area (Å²) in [5.74, 6) is -0.814. The topological polar surface area (TPSA) is 81.7 Å². The molecule has 27 heavy (non-hydrogen) atoms. The van der Waals surface area contributed by atoms with Crippen molar-refractivity contribution in [1.29, 1.82) is 0 Å². The summed E-state index contributed by atoms with van der Waals surface area (Å²) in [7, 11) is 0. The lowest BCUT2D eigenvalue weighted by Gasteiger charge is -2.18. The Hall–Kier alpha value is -3.15. The molecule has 0 saturated heterocycles. The van der Waals surface area contributed by atoms with Gasteiger partial charge in [0.1, 0.15) is 5.75 Å². The molecule has 0 aliphatic rings. The van der Waals surface area contributed by atoms with Gasteiger partial charge in [0.2, 0.25) is 0 Å². The predicted octanol–water partition coefficient (Wildman–Crippen LogP) is 3.54. The van der Waals surface area contributed by atoms with Gasteiger partial charge in [0.25, 0.3) is 5.91 Å². The van der Waals surface area contributed by atoms with Gasteiger partial charge in [-0.2, -0.15) is 0 Å². The molecule has 0 heterocycles. The van der Waals surface area contributed by atoms with Gasteiger partial charge in [-0.15, -0.1) is 0 Å². The molecule has 2 aromatic carbocycles. The number of para-hydroxylation sites is 1. The Morgan fingerprint density at radius 1 is 0.926 bits per heavy atom. The lowest BCUT2D eigenvalue weighted by Crippen LogP contribution is -2.35. The summed E-state index contributed by atoms with van der Waals surface area (Å²) >= 11 is 0. The molecule has 0 radical (unpaired) electrons. The molecular weight excluding hydrogens is 346 g/mol. The number of benzene rings is 2. The van der Waals surface area contributed by atoms with E-state index >= 15 is 0 Å². The van der Waals surface area contributed by atoms with E-state index in [2.05, 4.69) is 5.32 Å². The normalized spacial score (nSPS) is 12.6. The third-order valence-corrected chi connectivity index (χ3v) is 3.89. The summed E-state index contributed by atoms with van der Waals surface area (Å²) in [4.78, 5) is 36.1. The highest BCUT2D eigenvalue weighted by Crippen LogP contribution is 2.17. The zero-order valence-electron chi connectivity index (χ0n) is 15.8. The number of amides is 1. The van der Waals surface area contributed by atoms with Gasteiger partial charge in [0.15, 0.2) is 18.0 Å². The molecule has 142 valence electrons. The summed E-state index contributed by atoms with van der Waals surface area (Å²) in [6, 6.07) is 13.9. The number of esters is 1. The number of hydrogen-bond donors (Lipinski definition) is 1. The maximum Gasteiger partial charge on any atom is 0.347 e. The highest BCUT2D eigenvalue weighted by Gasteiger charge is 2.24. The number of ketones is 1. The van der Waals surface area contributed by atoms with Crippen LogP contribution in [0.2, 0.25) is 0 Å². The summed E-state index contributed by atoms with van der Waals surface area (Å²) in [5, 5.41) is 2.61. The fraction of sp³-hybridized carbons (Fsp3) is 0.286. The van der Waals surface area contributed by atoms with E-state index in [0.29, 0.717) is 17.0 Å². The molecule has 2 aromatic rings. The second-order valence-electron chi connectivity index (χ2n) is 6.24. The van der Waals surface area contributed by atoms with Crippen LogP contribution in [-0.4, -0.2) is 29.9 Å². The Balaban J connectivity index is 1.94. The van der Waals surface area contributed by atoms with Crippen LogP contribution in [0, 0.1) is 6.92 Å². The number of rotatable bonds is 7. The molecule has 0 spiro atoms. The molecule has 2 rings (SSSR count). The third kappa shape index (κ3) is 5.67. The Labute approximate surface area is 158 Å². The molecule has 1 N–H and O–H groups in total. The van der Waals surface area contributed by atoms with Crippen LogP contribution in [0.1, 0.15) is 36.7 Å². The van der Waals surface area contributed by atoms with Crippen molar-refractivity contribution in [3.63, 3.8) is 0 Å². The zero-order valence-corrected chi connectivity index (χ0v) is 15.8. The molecule has 0 fully saturated rings. The van der Waals surface area contributed by atoms with Crippen LogP contribution in [0.25, 0.3) is 0 Å². The molecule has 0 aliphatic heterocycles. The Morgan fingerprint density at radius 2 is 1.56 bits per heavy atom. The molecule has 0 aromatic heterocycles. The monoisotopic (exact) mass is 369 g/mol. The molecule has 2 unspecified atom stereocenters. The second kappa shape index (κ2) is 8.98. The molecule has 2 atom stereocenters. The van der Waals surface area contributed by atoms with E-state index in [-0.39, 0.29) is 5.78 Å². The first-order valence-corrected chi connectivity index (χ1v) is 8.62. The largest absolute Gasteiger partial charge is 0.479 e. The Morgan fingerprint density at radius 3 is 2.19 bits per heavy atom. The van der Waals surface area contributed by atoms with Crippen molar-refractivity contribution in [2.75, 3.05) is 5.32 Å². The van der Waals surface area contributed by atoms with Crippen LogP contribution in [-0.2, 0) is 14.3 Å². The number of carbonyl (C=O) groups excluding carboxylic acids is 3. The molecule has 0 aliphatic carbocycles. The van der Waals surface area contributed by atoms with E-state index in [1.165, 1.54) is 13.8 Å². The number of carbonyl (C=O) groups is 3. The van der Waals surface area contributed by atoms with Gasteiger partial charge in [-0.25, -0.2) is 4.79 Å². The van der Waals surface area contributed by atoms with Crippen molar-refractivity contribution in [3.8, 4) is 5.75 Å². The minimum atomic E-state index is -1.04. The maximum atomic E-state index is 12.3. The first kappa shape index (κ1) is 20.2. The molecule has 0 saturated carbocycles. The van der Waals surface area contributed by atoms with Crippen molar-refractivity contribution in [3.05, 3.63) is 59.7 Å². The second-order valence-corrected chi connectivity index (χ2v) is 6.24. The fourth-order valence-electron chi connectivity index (χ4n) is 2.33. The van der Waals surface area contributed by atoms with E-state index in [1.807, 2.05) is 19.1 Å². The van der Waals surface area contributed by atoms with Crippen LogP contribution in [0.3, 0.4) is 0 Å². The van der Waals surface area contributed by atoms with Crippen molar-refractivity contribution in [2.45, 2.75) is 39.9 Å².